The fourth-order valence-electron chi connectivity index (χ4n) is 1.70. The average molecular weight is 257 g/mol. The Morgan fingerprint density at radius 3 is 2.56 bits per heavy atom. The highest BCUT2D eigenvalue weighted by Crippen LogP contribution is 2.22. The van der Waals surface area contributed by atoms with Gasteiger partial charge < -0.3 is 29.9 Å². The summed E-state index contributed by atoms with van der Waals surface area (Å²) >= 11 is 0. The van der Waals surface area contributed by atoms with Crippen molar-refractivity contribution in [2.75, 3.05) is 6.61 Å². The molecular formula is C11H15NO6. The molecule has 5 atom stereocenters. The molecule has 1 fully saturated rings. The van der Waals surface area contributed by atoms with Crippen LogP contribution in [-0.4, -0.2) is 62.7 Å². The molecule has 100 valence electrons. The van der Waals surface area contributed by atoms with Gasteiger partial charge in [0.1, 0.15) is 24.4 Å². The number of hydrogen-bond donors (Lipinski definition) is 4. The summed E-state index contributed by atoms with van der Waals surface area (Å²) in [5, 5.41) is 37.8. The third-order valence-electron chi connectivity index (χ3n) is 2.72. The van der Waals surface area contributed by atoms with E-state index in [0.29, 0.717) is 0 Å². The molecule has 0 radical (unpaired) electrons. The molecule has 18 heavy (non-hydrogen) atoms. The van der Waals surface area contributed by atoms with Crippen molar-refractivity contribution in [3.63, 3.8) is 0 Å². The van der Waals surface area contributed by atoms with Crippen LogP contribution < -0.4 is 4.74 Å². The van der Waals surface area contributed by atoms with Gasteiger partial charge in [-0.25, -0.2) is 4.98 Å². The summed E-state index contributed by atoms with van der Waals surface area (Å²) in [4.78, 5) is 3.88. The first-order valence-electron chi connectivity index (χ1n) is 5.51. The summed E-state index contributed by atoms with van der Waals surface area (Å²) in [6.07, 6.45) is -4.96. The number of pyridine rings is 1. The molecule has 1 saturated heterocycles. The van der Waals surface area contributed by atoms with Crippen molar-refractivity contribution in [1.82, 2.24) is 4.98 Å². The number of hydrogen-bond acceptors (Lipinski definition) is 7. The minimum atomic E-state index is -1.45. The van der Waals surface area contributed by atoms with Gasteiger partial charge in [-0.3, -0.25) is 0 Å². The van der Waals surface area contributed by atoms with Gasteiger partial charge in [-0.15, -0.1) is 0 Å². The molecule has 1 aliphatic heterocycles. The summed E-state index contributed by atoms with van der Waals surface area (Å²) in [7, 11) is 0. The molecule has 0 aliphatic carbocycles. The van der Waals surface area contributed by atoms with Crippen molar-refractivity contribution in [2.45, 2.75) is 30.7 Å². The van der Waals surface area contributed by atoms with Crippen LogP contribution in [0.3, 0.4) is 0 Å². The van der Waals surface area contributed by atoms with Gasteiger partial charge in [0.2, 0.25) is 12.2 Å². The van der Waals surface area contributed by atoms with E-state index < -0.39 is 37.3 Å². The molecule has 5 unspecified atom stereocenters. The Hall–Kier alpha value is -1.25. The molecule has 7 nitrogen and oxygen atoms in total. The van der Waals surface area contributed by atoms with Gasteiger partial charge in [-0.05, 0) is 6.07 Å². The van der Waals surface area contributed by atoms with Crippen molar-refractivity contribution in [3.05, 3.63) is 24.4 Å². The first-order valence-corrected chi connectivity index (χ1v) is 5.51. The number of aromatic nitrogens is 1. The highest BCUT2D eigenvalue weighted by atomic mass is 16.7. The number of aliphatic hydroxyl groups excluding tert-OH is 4. The molecule has 0 bridgehead atoms. The zero-order valence-corrected chi connectivity index (χ0v) is 9.46. The largest absolute Gasteiger partial charge is 0.445 e. The van der Waals surface area contributed by atoms with Crippen molar-refractivity contribution >= 4 is 0 Å². The molecule has 1 aromatic heterocycles. The second-order valence-electron chi connectivity index (χ2n) is 3.98. The third kappa shape index (κ3) is 2.60. The molecule has 1 aromatic rings. The van der Waals surface area contributed by atoms with Crippen molar-refractivity contribution in [2.24, 2.45) is 0 Å². The number of aliphatic hydroxyl groups is 4. The van der Waals surface area contributed by atoms with Gasteiger partial charge in [-0.1, -0.05) is 6.07 Å². The summed E-state index contributed by atoms with van der Waals surface area (Å²) in [5.41, 5.74) is 0. The van der Waals surface area contributed by atoms with E-state index in [-0.39, 0.29) is 5.88 Å². The van der Waals surface area contributed by atoms with Crippen LogP contribution in [0.15, 0.2) is 24.4 Å². The van der Waals surface area contributed by atoms with Gasteiger partial charge in [0, 0.05) is 12.3 Å². The molecule has 2 rings (SSSR count). The lowest BCUT2D eigenvalue weighted by atomic mass is 9.99. The number of ether oxygens (including phenoxy) is 2. The molecule has 7 heteroatoms. The van der Waals surface area contributed by atoms with Crippen molar-refractivity contribution in [3.8, 4) is 5.88 Å². The van der Waals surface area contributed by atoms with Crippen LogP contribution in [-0.2, 0) is 4.74 Å². The Kier molecular flexibility index (Phi) is 4.10. The van der Waals surface area contributed by atoms with Crippen LogP contribution in [0.2, 0.25) is 0 Å². The van der Waals surface area contributed by atoms with Gasteiger partial charge >= 0.3 is 0 Å². The van der Waals surface area contributed by atoms with E-state index >= 15 is 0 Å². The van der Waals surface area contributed by atoms with E-state index in [4.69, 9.17) is 14.6 Å². The second kappa shape index (κ2) is 5.59. The van der Waals surface area contributed by atoms with E-state index in [1.165, 1.54) is 6.20 Å². The van der Waals surface area contributed by atoms with E-state index in [1.54, 1.807) is 18.2 Å². The second-order valence-corrected chi connectivity index (χ2v) is 3.98. The lowest BCUT2D eigenvalue weighted by Gasteiger charge is -2.39. The summed E-state index contributed by atoms with van der Waals surface area (Å²) < 4.78 is 10.4. The lowest BCUT2D eigenvalue weighted by Crippen LogP contribution is -2.60. The van der Waals surface area contributed by atoms with E-state index in [2.05, 4.69) is 4.98 Å². The molecule has 0 spiro atoms. The Morgan fingerprint density at radius 2 is 1.94 bits per heavy atom. The highest BCUT2D eigenvalue weighted by molar-refractivity contribution is 5.10. The topological polar surface area (TPSA) is 112 Å². The average Bonchev–Trinajstić information content (AvgIpc) is 2.40. The van der Waals surface area contributed by atoms with Crippen LogP contribution in [0, 0.1) is 0 Å². The third-order valence-corrected chi connectivity index (χ3v) is 2.72. The van der Waals surface area contributed by atoms with Gasteiger partial charge in [0.05, 0.1) is 6.61 Å². The van der Waals surface area contributed by atoms with Crippen LogP contribution >= 0.6 is 0 Å². The fraction of sp³-hybridized carbons (Fsp3) is 0.545. The fourth-order valence-corrected chi connectivity index (χ4v) is 1.70. The molecule has 0 saturated carbocycles. The maximum atomic E-state index is 9.71. The zero-order valence-electron chi connectivity index (χ0n) is 9.46. The SMILES string of the molecule is OCC1OC(Oc2ccccn2)C(O)C(O)C1O. The summed E-state index contributed by atoms with van der Waals surface area (Å²) in [6, 6.07) is 4.94. The quantitative estimate of drug-likeness (QED) is 0.508. The molecule has 1 aliphatic rings. The smallest absolute Gasteiger partial charge is 0.231 e. The standard InChI is InChI=1S/C11H15NO6/c13-5-6-8(14)9(15)10(16)11(17-6)18-7-3-1-2-4-12-7/h1-4,6,8-11,13-16H,5H2. The molecule has 0 aromatic carbocycles. The molecule has 2 heterocycles. The number of rotatable bonds is 3. The van der Waals surface area contributed by atoms with E-state index in [0.717, 1.165) is 0 Å². The maximum absolute atomic E-state index is 9.71. The van der Waals surface area contributed by atoms with Crippen molar-refractivity contribution in [1.29, 1.82) is 0 Å². The summed E-state index contributed by atoms with van der Waals surface area (Å²) in [5.74, 6) is 0.210. The predicted octanol–water partition coefficient (Wildman–Crippen LogP) is -1.74. The first kappa shape index (κ1) is 13.2. The highest BCUT2D eigenvalue weighted by Gasteiger charge is 2.44. The Morgan fingerprint density at radius 1 is 1.17 bits per heavy atom. The first-order chi connectivity index (χ1) is 8.63. The van der Waals surface area contributed by atoms with Crippen LogP contribution in [0.4, 0.5) is 0 Å². The Labute approximate surface area is 103 Å². The van der Waals surface area contributed by atoms with E-state index in [1.807, 2.05) is 0 Å². The van der Waals surface area contributed by atoms with Gasteiger partial charge in [0.15, 0.2) is 0 Å². The predicted molar refractivity (Wildman–Crippen MR) is 58.6 cm³/mol. The van der Waals surface area contributed by atoms with Gasteiger partial charge in [-0.2, -0.15) is 0 Å². The van der Waals surface area contributed by atoms with Crippen LogP contribution in [0.25, 0.3) is 0 Å². The Bertz CT molecular complexity index is 373. The van der Waals surface area contributed by atoms with Crippen LogP contribution in [0.5, 0.6) is 5.88 Å². The molecular weight excluding hydrogens is 242 g/mol. The minimum Gasteiger partial charge on any atom is -0.445 e. The van der Waals surface area contributed by atoms with Crippen LogP contribution in [0.1, 0.15) is 0 Å². The number of nitrogens with zero attached hydrogens (tertiary/aromatic N) is 1. The molecule has 0 amide bonds. The zero-order chi connectivity index (χ0) is 13.1. The molecule has 4 N–H and O–H groups in total. The minimum absolute atomic E-state index is 0.210. The Balaban J connectivity index is 2.08. The monoisotopic (exact) mass is 257 g/mol. The van der Waals surface area contributed by atoms with Gasteiger partial charge in [0.25, 0.3) is 0 Å². The lowest BCUT2D eigenvalue weighted by molar-refractivity contribution is -0.278. The van der Waals surface area contributed by atoms with Crippen molar-refractivity contribution < 1.29 is 29.9 Å². The normalized spacial score (nSPS) is 36.3. The van der Waals surface area contributed by atoms with E-state index in [9.17, 15) is 15.3 Å². The summed E-state index contributed by atoms with van der Waals surface area (Å²) in [6.45, 7) is -0.493. The maximum Gasteiger partial charge on any atom is 0.231 e.